The van der Waals surface area contributed by atoms with E-state index < -0.39 is 5.56 Å². The Labute approximate surface area is 170 Å². The molecule has 3 heterocycles. The molecule has 0 unspecified atom stereocenters. The third-order valence-corrected chi connectivity index (χ3v) is 5.76. The molecule has 1 aromatic rings. The summed E-state index contributed by atoms with van der Waals surface area (Å²) in [6.07, 6.45) is 6.33. The minimum atomic E-state index is -0.477. The van der Waals surface area contributed by atoms with Crippen molar-refractivity contribution in [2.45, 2.75) is 19.3 Å². The predicted molar refractivity (Wildman–Crippen MR) is 110 cm³/mol. The summed E-state index contributed by atoms with van der Waals surface area (Å²) in [5, 5.41) is 12.0. The number of fused-ring (bicyclic) bond motifs is 1. The van der Waals surface area contributed by atoms with Crippen LogP contribution in [0.4, 0.5) is 0 Å². The number of hydrogen-bond acceptors (Lipinski definition) is 6. The summed E-state index contributed by atoms with van der Waals surface area (Å²) >= 11 is 1.18. The smallest absolute Gasteiger partial charge is 0.283 e. The van der Waals surface area contributed by atoms with Gasteiger partial charge in [-0.2, -0.15) is 4.98 Å². The lowest BCUT2D eigenvalue weighted by molar-refractivity contribution is -0.125. The van der Waals surface area contributed by atoms with Crippen molar-refractivity contribution in [3.63, 3.8) is 0 Å². The number of H-pyrrole nitrogens is 1. The Hall–Kier alpha value is -3.20. The van der Waals surface area contributed by atoms with Crippen molar-refractivity contribution in [2.24, 2.45) is 0 Å². The van der Waals surface area contributed by atoms with Gasteiger partial charge in [0.05, 0.1) is 12.3 Å². The second kappa shape index (κ2) is 8.04. The molecule has 0 radical (unpaired) electrons. The first-order valence-electron chi connectivity index (χ1n) is 9.38. The molecule has 2 N–H and O–H groups in total. The van der Waals surface area contributed by atoms with E-state index in [2.05, 4.69) is 10.1 Å². The van der Waals surface area contributed by atoms with Crippen LogP contribution in [0.5, 0.6) is 5.75 Å². The molecule has 1 fully saturated rings. The Morgan fingerprint density at radius 3 is 2.66 bits per heavy atom. The van der Waals surface area contributed by atoms with Crippen molar-refractivity contribution >= 4 is 29.4 Å². The number of benzene rings is 1. The van der Waals surface area contributed by atoms with Gasteiger partial charge in [0.25, 0.3) is 5.56 Å². The molecule has 0 spiro atoms. The van der Waals surface area contributed by atoms with Crippen LogP contribution in [0, 0.1) is 5.41 Å². The summed E-state index contributed by atoms with van der Waals surface area (Å²) < 4.78 is 7.12. The van der Waals surface area contributed by atoms with E-state index in [1.54, 1.807) is 37.5 Å². The highest BCUT2D eigenvalue weighted by atomic mass is 32.1. The summed E-state index contributed by atoms with van der Waals surface area (Å²) in [5.41, 5.74) is 0.285. The zero-order valence-corrected chi connectivity index (χ0v) is 16.8. The molecule has 0 aliphatic carbocycles. The molecular formula is C20H21N5O3S. The molecule has 0 atom stereocenters. The van der Waals surface area contributed by atoms with E-state index in [0.717, 1.165) is 37.9 Å². The van der Waals surface area contributed by atoms with Crippen LogP contribution in [0.15, 0.2) is 29.1 Å². The van der Waals surface area contributed by atoms with Gasteiger partial charge in [-0.3, -0.25) is 20.1 Å². The predicted octanol–water partition coefficient (Wildman–Crippen LogP) is 0.170. The molecule has 0 aromatic heterocycles. The number of nitrogens with one attached hydrogen (secondary N) is 2. The Bertz CT molecular complexity index is 1230. The van der Waals surface area contributed by atoms with Crippen LogP contribution in [-0.2, 0) is 4.79 Å². The molecule has 150 valence electrons. The normalized spacial score (nSPS) is 15.8. The summed E-state index contributed by atoms with van der Waals surface area (Å²) in [5.74, 6) is 0.648. The summed E-state index contributed by atoms with van der Waals surface area (Å²) in [6, 6.07) is 7.19. The maximum Gasteiger partial charge on any atom is 0.283 e. The van der Waals surface area contributed by atoms with Gasteiger partial charge in [0.1, 0.15) is 10.4 Å². The molecule has 1 aromatic carbocycles. The highest BCUT2D eigenvalue weighted by Crippen LogP contribution is 2.11. The van der Waals surface area contributed by atoms with Gasteiger partial charge in [-0.15, -0.1) is 0 Å². The number of likely N-dealkylation sites (tertiary alicyclic amines) is 1. The Balaban J connectivity index is 1.75. The molecule has 29 heavy (non-hydrogen) atoms. The van der Waals surface area contributed by atoms with Gasteiger partial charge in [0, 0.05) is 19.2 Å². The zero-order valence-electron chi connectivity index (χ0n) is 16.0. The Morgan fingerprint density at radius 2 is 1.97 bits per heavy atom. The first kappa shape index (κ1) is 19.1. The Kier molecular flexibility index (Phi) is 5.30. The maximum absolute atomic E-state index is 12.5. The molecule has 9 heteroatoms. The topological polar surface area (TPSA) is 104 Å². The number of rotatable bonds is 3. The Morgan fingerprint density at radius 1 is 1.24 bits per heavy atom. The second-order valence-electron chi connectivity index (χ2n) is 6.82. The number of nitrogens with zero attached hydrogens (tertiary/aromatic N) is 3. The largest absolute Gasteiger partial charge is 0.497 e. The van der Waals surface area contributed by atoms with Gasteiger partial charge in [0.2, 0.25) is 11.0 Å². The minimum Gasteiger partial charge on any atom is -0.497 e. The van der Waals surface area contributed by atoms with Crippen LogP contribution in [0.1, 0.15) is 24.8 Å². The van der Waals surface area contributed by atoms with E-state index in [1.165, 1.54) is 22.1 Å². The van der Waals surface area contributed by atoms with E-state index in [-0.39, 0.29) is 16.6 Å². The number of amides is 1. The van der Waals surface area contributed by atoms with Crippen molar-refractivity contribution in [2.75, 3.05) is 20.2 Å². The zero-order chi connectivity index (χ0) is 20.4. The monoisotopic (exact) mass is 411 g/mol. The summed E-state index contributed by atoms with van der Waals surface area (Å²) in [7, 11) is 1.59. The van der Waals surface area contributed by atoms with Crippen LogP contribution < -0.4 is 25.7 Å². The molecule has 3 aliphatic rings. The highest BCUT2D eigenvalue weighted by molar-refractivity contribution is 7.11. The van der Waals surface area contributed by atoms with Gasteiger partial charge in [-0.25, -0.2) is 4.68 Å². The average Bonchev–Trinajstić information content (AvgIpc) is 3.14. The number of methoxy groups -OCH3 is 1. The van der Waals surface area contributed by atoms with Crippen molar-refractivity contribution in [3.05, 3.63) is 55.6 Å². The fourth-order valence-corrected chi connectivity index (χ4v) is 4.14. The first-order valence-corrected chi connectivity index (χ1v) is 10.2. The van der Waals surface area contributed by atoms with Crippen LogP contribution in [0.25, 0.3) is 17.3 Å². The van der Waals surface area contributed by atoms with Crippen LogP contribution >= 0.6 is 11.3 Å². The van der Waals surface area contributed by atoms with Gasteiger partial charge < -0.3 is 9.64 Å². The van der Waals surface area contributed by atoms with Gasteiger partial charge in [-0.1, -0.05) is 23.5 Å². The highest BCUT2D eigenvalue weighted by Gasteiger charge is 2.15. The molecule has 8 nitrogen and oxygen atoms in total. The number of ether oxygens (including phenoxy) is 1. The molecule has 1 saturated heterocycles. The molecule has 3 aliphatic heterocycles. The second-order valence-corrected chi connectivity index (χ2v) is 7.83. The SMILES string of the molecule is COc1ccc(/C=c2/c(=O)nc3s/c(=C/C(=O)N4CCCCC4)[nH]n-3c2=N)cc1. The van der Waals surface area contributed by atoms with Gasteiger partial charge in [-0.05, 0) is 43.0 Å². The maximum atomic E-state index is 12.5. The lowest BCUT2D eigenvalue weighted by atomic mass is 10.1. The third kappa shape index (κ3) is 4.00. The summed E-state index contributed by atoms with van der Waals surface area (Å²) in [4.78, 5) is 30.8. The van der Waals surface area contributed by atoms with Crippen LogP contribution in [0.2, 0.25) is 0 Å². The lowest BCUT2D eigenvalue weighted by Crippen LogP contribution is -2.47. The molecule has 1 amide bonds. The van der Waals surface area contributed by atoms with Crippen molar-refractivity contribution in [1.82, 2.24) is 19.7 Å². The number of carbonyl (C=O) groups excluding carboxylic acids is 1. The first-order chi connectivity index (χ1) is 14.0. The molecular weight excluding hydrogens is 390 g/mol. The summed E-state index contributed by atoms with van der Waals surface area (Å²) in [6.45, 7) is 1.53. The fraction of sp³-hybridized carbons (Fsp3) is 0.300. The van der Waals surface area contributed by atoms with Gasteiger partial charge in [0.15, 0.2) is 5.49 Å². The molecule has 0 saturated carbocycles. The molecule has 0 bridgehead atoms. The number of piperidine rings is 1. The fourth-order valence-electron chi connectivity index (χ4n) is 3.29. The number of aromatic amines is 1. The number of carbonyl (C=O) groups is 1. The van der Waals surface area contributed by atoms with E-state index in [1.807, 2.05) is 4.90 Å². The molecule has 4 rings (SSSR count). The number of hydrogen-bond donors (Lipinski definition) is 2. The number of aromatic nitrogens is 3. The van der Waals surface area contributed by atoms with Gasteiger partial charge >= 0.3 is 0 Å². The van der Waals surface area contributed by atoms with E-state index in [0.29, 0.717) is 15.5 Å². The lowest BCUT2D eigenvalue weighted by Gasteiger charge is -2.25. The third-order valence-electron chi connectivity index (χ3n) is 4.87. The van der Waals surface area contributed by atoms with Crippen LogP contribution in [-0.4, -0.2) is 45.8 Å². The quantitative estimate of drug-likeness (QED) is 0.641. The van der Waals surface area contributed by atoms with Crippen molar-refractivity contribution in [1.29, 1.82) is 5.41 Å². The average molecular weight is 411 g/mol. The standard InChI is InChI=1S/C20H21N5O3S/c1-28-14-7-5-13(6-8-14)11-15-18(21)25-20(22-19(15)27)29-16(23-25)12-17(26)24-9-3-2-4-10-24/h5-8,11-12,21,23H,2-4,9-10H2,1H3/b15-11+,16-12+,21-18?. The van der Waals surface area contributed by atoms with E-state index in [9.17, 15) is 9.59 Å². The van der Waals surface area contributed by atoms with E-state index in [4.69, 9.17) is 10.1 Å². The minimum absolute atomic E-state index is 0.00265. The van der Waals surface area contributed by atoms with Crippen molar-refractivity contribution in [3.8, 4) is 10.9 Å². The van der Waals surface area contributed by atoms with Crippen LogP contribution in [0.3, 0.4) is 0 Å². The van der Waals surface area contributed by atoms with Crippen molar-refractivity contribution < 1.29 is 9.53 Å². The van der Waals surface area contributed by atoms with E-state index >= 15 is 0 Å².